The first-order valence-electron chi connectivity index (χ1n) is 4.87. The van der Waals surface area contributed by atoms with Crippen LogP contribution >= 0.6 is 15.9 Å². The molecule has 0 aromatic carbocycles. The number of alkyl halides is 3. The van der Waals surface area contributed by atoms with E-state index in [1.54, 1.807) is 6.07 Å². The average Bonchev–Trinajstić information content (AvgIpc) is 2.37. The molecule has 0 radical (unpaired) electrons. The van der Waals surface area contributed by atoms with Crippen molar-refractivity contribution in [1.82, 2.24) is 4.98 Å². The predicted octanol–water partition coefficient (Wildman–Crippen LogP) is 2.50. The van der Waals surface area contributed by atoms with E-state index in [-0.39, 0.29) is 28.7 Å². The molecule has 0 N–H and O–H groups in total. The van der Waals surface area contributed by atoms with Crippen LogP contribution in [0.3, 0.4) is 0 Å². The molecule has 0 aliphatic rings. The molecule has 1 heterocycles. The molecule has 0 saturated carbocycles. The van der Waals surface area contributed by atoms with Crippen LogP contribution in [0.2, 0.25) is 0 Å². The number of methoxy groups -OCH3 is 1. The molecule has 0 saturated heterocycles. The highest BCUT2D eigenvalue weighted by atomic mass is 79.9. The largest absolute Gasteiger partial charge is 0.469 e. The second-order valence-electron chi connectivity index (χ2n) is 3.33. The zero-order chi connectivity index (χ0) is 13.7. The van der Waals surface area contributed by atoms with Gasteiger partial charge in [-0.05, 0) is 11.6 Å². The lowest BCUT2D eigenvalue weighted by Crippen LogP contribution is -2.11. The number of aromatic nitrogens is 1. The van der Waals surface area contributed by atoms with E-state index in [9.17, 15) is 13.6 Å². The minimum atomic E-state index is -2.76. The summed E-state index contributed by atoms with van der Waals surface area (Å²) >= 11 is 3.09. The molecule has 0 spiro atoms. The molecule has 0 amide bonds. The fourth-order valence-corrected chi connectivity index (χ4v) is 1.78. The van der Waals surface area contributed by atoms with Crippen molar-refractivity contribution >= 4 is 21.9 Å². The Hall–Kier alpha value is -1.55. The van der Waals surface area contributed by atoms with Crippen molar-refractivity contribution in [2.45, 2.75) is 18.2 Å². The Morgan fingerprint density at radius 1 is 1.67 bits per heavy atom. The minimum Gasteiger partial charge on any atom is -0.469 e. The molecule has 1 rings (SSSR count). The molecule has 0 aliphatic carbocycles. The molecule has 1 aromatic heterocycles. The number of hydrogen-bond acceptors (Lipinski definition) is 4. The fraction of sp³-hybridized carbons (Fsp3) is 0.364. The van der Waals surface area contributed by atoms with Crippen LogP contribution in [0.5, 0.6) is 0 Å². The number of halogens is 3. The summed E-state index contributed by atoms with van der Waals surface area (Å²) in [7, 11) is 1.16. The second kappa shape index (κ2) is 6.40. The summed E-state index contributed by atoms with van der Waals surface area (Å²) in [6.07, 6.45) is -3.14. The quantitative estimate of drug-likeness (QED) is 0.632. The highest BCUT2D eigenvalue weighted by molar-refractivity contribution is 9.08. The number of ether oxygens (including phenoxy) is 1. The SMILES string of the molecule is COC(=O)Cc1nc(C#N)c(CBr)cc1C(F)F. The molecule has 0 aliphatic heterocycles. The van der Waals surface area contributed by atoms with E-state index in [2.05, 4.69) is 25.7 Å². The maximum Gasteiger partial charge on any atom is 0.311 e. The number of carbonyl (C=O) groups excluding carboxylic acids is 1. The van der Waals surface area contributed by atoms with Gasteiger partial charge in [0.05, 0.1) is 19.2 Å². The zero-order valence-electron chi connectivity index (χ0n) is 9.41. The fourth-order valence-electron chi connectivity index (χ4n) is 1.35. The van der Waals surface area contributed by atoms with Crippen molar-refractivity contribution in [3.63, 3.8) is 0 Å². The van der Waals surface area contributed by atoms with Gasteiger partial charge in [-0.3, -0.25) is 4.79 Å². The molecular formula is C11H9BrF2N2O2. The highest BCUT2D eigenvalue weighted by Gasteiger charge is 2.20. The Morgan fingerprint density at radius 3 is 2.78 bits per heavy atom. The van der Waals surface area contributed by atoms with E-state index >= 15 is 0 Å². The number of rotatable bonds is 4. The van der Waals surface area contributed by atoms with E-state index in [0.29, 0.717) is 5.56 Å². The minimum absolute atomic E-state index is 0.0233. The molecule has 0 fully saturated rings. The van der Waals surface area contributed by atoms with Gasteiger partial charge in [-0.25, -0.2) is 13.8 Å². The van der Waals surface area contributed by atoms with Gasteiger partial charge in [0.2, 0.25) is 0 Å². The summed E-state index contributed by atoms with van der Waals surface area (Å²) in [5, 5.41) is 9.10. The van der Waals surface area contributed by atoms with Crippen molar-refractivity contribution in [2.75, 3.05) is 7.11 Å². The normalized spacial score (nSPS) is 10.2. The first-order valence-corrected chi connectivity index (χ1v) is 5.99. The molecule has 96 valence electrons. The van der Waals surface area contributed by atoms with Crippen LogP contribution in [0.25, 0.3) is 0 Å². The lowest BCUT2D eigenvalue weighted by atomic mass is 10.1. The summed E-state index contributed by atoms with van der Waals surface area (Å²) in [4.78, 5) is 14.9. The maximum absolute atomic E-state index is 12.8. The topological polar surface area (TPSA) is 63.0 Å². The van der Waals surface area contributed by atoms with E-state index in [0.717, 1.165) is 7.11 Å². The van der Waals surface area contributed by atoms with E-state index < -0.39 is 12.4 Å². The molecule has 7 heteroatoms. The molecule has 0 bridgehead atoms. The van der Waals surface area contributed by atoms with E-state index in [1.165, 1.54) is 6.07 Å². The summed E-state index contributed by atoms with van der Waals surface area (Å²) < 4.78 is 30.1. The van der Waals surface area contributed by atoms with Gasteiger partial charge in [0.25, 0.3) is 6.43 Å². The standard InChI is InChI=1S/C11H9BrF2N2O2/c1-18-10(17)3-8-7(11(13)14)2-6(4-12)9(5-15)16-8/h2,11H,3-4H2,1H3. The van der Waals surface area contributed by atoms with Crippen LogP contribution in [0.1, 0.15) is 28.9 Å². The van der Waals surface area contributed by atoms with E-state index in [4.69, 9.17) is 5.26 Å². The number of nitriles is 1. The number of hydrogen-bond donors (Lipinski definition) is 0. The third kappa shape index (κ3) is 3.23. The molecule has 1 aromatic rings. The lowest BCUT2D eigenvalue weighted by molar-refractivity contribution is -0.139. The Morgan fingerprint density at radius 2 is 2.33 bits per heavy atom. The first kappa shape index (κ1) is 14.5. The Labute approximate surface area is 111 Å². The number of esters is 1. The smallest absolute Gasteiger partial charge is 0.311 e. The molecule has 0 unspecified atom stereocenters. The number of pyridine rings is 1. The van der Waals surface area contributed by atoms with Gasteiger partial charge >= 0.3 is 5.97 Å². The van der Waals surface area contributed by atoms with Crippen LogP contribution in [-0.4, -0.2) is 18.1 Å². The molecule has 18 heavy (non-hydrogen) atoms. The Bertz CT molecular complexity index is 501. The third-order valence-corrected chi connectivity index (χ3v) is 2.84. The van der Waals surface area contributed by atoms with Crippen molar-refractivity contribution < 1.29 is 18.3 Å². The summed E-state index contributed by atoms with van der Waals surface area (Å²) in [6.45, 7) is 0. The summed E-state index contributed by atoms with van der Waals surface area (Å²) in [5.74, 6) is -0.681. The van der Waals surface area contributed by atoms with Crippen LogP contribution in [0.15, 0.2) is 6.07 Å². The monoisotopic (exact) mass is 318 g/mol. The average molecular weight is 319 g/mol. The molecule has 0 atom stereocenters. The van der Waals surface area contributed by atoms with Crippen LogP contribution in [-0.2, 0) is 21.3 Å². The number of nitrogens with zero attached hydrogens (tertiary/aromatic N) is 2. The number of carbonyl (C=O) groups is 1. The van der Waals surface area contributed by atoms with Crippen LogP contribution in [0, 0.1) is 11.3 Å². The predicted molar refractivity (Wildman–Crippen MR) is 62.3 cm³/mol. The maximum atomic E-state index is 12.8. The Kier molecular flexibility index (Phi) is 5.16. The van der Waals surface area contributed by atoms with Crippen molar-refractivity contribution in [3.8, 4) is 6.07 Å². The van der Waals surface area contributed by atoms with Gasteiger partial charge in [-0.15, -0.1) is 0 Å². The summed E-state index contributed by atoms with van der Waals surface area (Å²) in [6, 6.07) is 2.99. The van der Waals surface area contributed by atoms with E-state index in [1.807, 2.05) is 0 Å². The van der Waals surface area contributed by atoms with Crippen LogP contribution in [0.4, 0.5) is 8.78 Å². The van der Waals surface area contributed by atoms with Gasteiger partial charge < -0.3 is 4.74 Å². The highest BCUT2D eigenvalue weighted by Crippen LogP contribution is 2.25. The second-order valence-corrected chi connectivity index (χ2v) is 3.89. The third-order valence-electron chi connectivity index (χ3n) is 2.24. The zero-order valence-corrected chi connectivity index (χ0v) is 11.0. The van der Waals surface area contributed by atoms with Gasteiger partial charge in [0.15, 0.2) is 0 Å². The van der Waals surface area contributed by atoms with Gasteiger partial charge in [0, 0.05) is 10.9 Å². The van der Waals surface area contributed by atoms with Gasteiger partial charge in [-0.1, -0.05) is 15.9 Å². The van der Waals surface area contributed by atoms with Crippen molar-refractivity contribution in [3.05, 3.63) is 28.6 Å². The Balaban J connectivity index is 3.30. The lowest BCUT2D eigenvalue weighted by Gasteiger charge is -2.10. The van der Waals surface area contributed by atoms with Crippen molar-refractivity contribution in [2.24, 2.45) is 0 Å². The summed E-state index contributed by atoms with van der Waals surface area (Å²) in [5.41, 5.74) is -0.0939. The van der Waals surface area contributed by atoms with Crippen molar-refractivity contribution in [1.29, 1.82) is 5.26 Å². The molecule has 4 nitrogen and oxygen atoms in total. The van der Waals surface area contributed by atoms with Gasteiger partial charge in [-0.2, -0.15) is 5.26 Å². The van der Waals surface area contributed by atoms with Crippen LogP contribution < -0.4 is 0 Å². The molecular weight excluding hydrogens is 310 g/mol. The first-order chi connectivity index (χ1) is 8.53. The van der Waals surface area contributed by atoms with Gasteiger partial charge in [0.1, 0.15) is 11.8 Å².